The van der Waals surface area contributed by atoms with Gasteiger partial charge in [-0.3, -0.25) is 4.79 Å². The molecule has 1 fully saturated rings. The number of aryl methyl sites for hydroxylation is 1. The van der Waals surface area contributed by atoms with Crippen LogP contribution >= 0.6 is 0 Å². The maximum absolute atomic E-state index is 12.9. The largest absolute Gasteiger partial charge is 0.487 e. The molecule has 2 aromatic rings. The highest BCUT2D eigenvalue weighted by atomic mass is 19.3. The average Bonchev–Trinajstić information content (AvgIpc) is 3.08. The number of hydrogen-bond acceptors (Lipinski definition) is 8. The first-order chi connectivity index (χ1) is 16.1. The molecule has 1 saturated heterocycles. The van der Waals surface area contributed by atoms with Crippen molar-refractivity contribution in [3.63, 3.8) is 0 Å². The molecule has 11 heteroatoms. The Morgan fingerprint density at radius 2 is 2.00 bits per heavy atom. The van der Waals surface area contributed by atoms with Gasteiger partial charge in [-0.1, -0.05) is 0 Å². The van der Waals surface area contributed by atoms with Gasteiger partial charge in [0.2, 0.25) is 0 Å². The number of rotatable bonds is 4. The lowest BCUT2D eigenvalue weighted by atomic mass is 9.55. The van der Waals surface area contributed by atoms with Crippen LogP contribution in [0.25, 0.3) is 0 Å². The summed E-state index contributed by atoms with van der Waals surface area (Å²) in [6.45, 7) is 3.68. The van der Waals surface area contributed by atoms with Crippen molar-refractivity contribution in [1.82, 2.24) is 4.98 Å². The lowest BCUT2D eigenvalue weighted by Crippen LogP contribution is -2.71. The van der Waals surface area contributed by atoms with Crippen molar-refractivity contribution in [1.29, 1.82) is 0 Å². The quantitative estimate of drug-likeness (QED) is 0.700. The molecule has 1 amide bonds. The summed E-state index contributed by atoms with van der Waals surface area (Å²) in [5, 5.41) is 2.81. The van der Waals surface area contributed by atoms with Crippen molar-refractivity contribution >= 4 is 17.6 Å². The van der Waals surface area contributed by atoms with Crippen LogP contribution < -0.4 is 20.5 Å². The van der Waals surface area contributed by atoms with Gasteiger partial charge in [-0.05, 0) is 50.6 Å². The molecule has 0 saturated carbocycles. The molecule has 180 valence electrons. The zero-order valence-electron chi connectivity index (χ0n) is 18.9. The standard InChI is InChI=1S/C23H24F2N4O5/c1-12-6-14(33-19(24)25)8-27-17(12)18(30)28-13-4-5-16-15(7-13)23(11-32-20(26)29-23)22(9-31-10-22)21(2,3)34-16/h4-8,19H,9-11H2,1-3H3,(H2,26,29)(H,28,30). The normalized spacial score (nSPS) is 23.5. The fraction of sp³-hybridized carbons (Fsp3) is 0.435. The Labute approximate surface area is 194 Å². The summed E-state index contributed by atoms with van der Waals surface area (Å²) >= 11 is 0. The number of nitrogens with two attached hydrogens (primary N) is 1. The van der Waals surface area contributed by atoms with E-state index in [-0.39, 0.29) is 24.1 Å². The predicted octanol–water partition coefficient (Wildman–Crippen LogP) is 2.97. The summed E-state index contributed by atoms with van der Waals surface area (Å²) in [6.07, 6.45) is 1.08. The number of carbonyl (C=O) groups is 1. The lowest BCUT2D eigenvalue weighted by molar-refractivity contribution is -0.247. The Balaban J connectivity index is 1.49. The first kappa shape index (κ1) is 22.3. The number of hydrogen-bond donors (Lipinski definition) is 2. The van der Waals surface area contributed by atoms with Crippen molar-refractivity contribution in [3.8, 4) is 11.5 Å². The van der Waals surface area contributed by atoms with E-state index < -0.39 is 29.1 Å². The number of nitrogens with zero attached hydrogens (tertiary/aromatic N) is 2. The van der Waals surface area contributed by atoms with Crippen LogP contribution in [0.1, 0.15) is 35.5 Å². The van der Waals surface area contributed by atoms with E-state index in [1.54, 1.807) is 25.1 Å². The molecule has 0 aliphatic carbocycles. The first-order valence-corrected chi connectivity index (χ1v) is 10.7. The maximum atomic E-state index is 12.9. The molecule has 34 heavy (non-hydrogen) atoms. The minimum atomic E-state index is -2.98. The summed E-state index contributed by atoms with van der Waals surface area (Å²) < 4.78 is 46.8. The number of carbonyl (C=O) groups excluding carboxylic acids is 1. The molecule has 3 aliphatic rings. The predicted molar refractivity (Wildman–Crippen MR) is 117 cm³/mol. The number of amides is 1. The van der Waals surface area contributed by atoms with Gasteiger partial charge in [0, 0.05) is 11.3 Å². The first-order valence-electron chi connectivity index (χ1n) is 10.7. The summed E-state index contributed by atoms with van der Waals surface area (Å²) in [4.78, 5) is 21.6. The molecule has 5 rings (SSSR count). The fourth-order valence-electron chi connectivity index (χ4n) is 5.00. The molecule has 3 aliphatic heterocycles. The average molecular weight is 474 g/mol. The van der Waals surface area contributed by atoms with E-state index in [1.165, 1.54) is 6.07 Å². The van der Waals surface area contributed by atoms with E-state index in [0.29, 0.717) is 30.2 Å². The van der Waals surface area contributed by atoms with Gasteiger partial charge in [0.05, 0.1) is 24.8 Å². The Kier molecular flexibility index (Phi) is 4.94. The molecule has 1 aromatic heterocycles. The van der Waals surface area contributed by atoms with Crippen LogP contribution in [0.3, 0.4) is 0 Å². The molecular weight excluding hydrogens is 450 g/mol. The second kappa shape index (κ2) is 7.52. The van der Waals surface area contributed by atoms with E-state index in [9.17, 15) is 13.6 Å². The zero-order chi connectivity index (χ0) is 24.3. The van der Waals surface area contributed by atoms with Gasteiger partial charge >= 0.3 is 6.61 Å². The van der Waals surface area contributed by atoms with E-state index in [0.717, 1.165) is 11.8 Å². The number of nitrogens with one attached hydrogen (secondary N) is 1. The number of pyridine rings is 1. The SMILES string of the molecule is Cc1cc(OC(F)F)cnc1C(=O)Nc1ccc2c(c1)C1(COC(N)=N1)C1(COC1)C(C)(C)O2. The number of fused-ring (bicyclic) bond motifs is 3. The molecular formula is C23H24F2N4O5. The highest BCUT2D eigenvalue weighted by Crippen LogP contribution is 2.62. The van der Waals surface area contributed by atoms with Crippen LogP contribution in [0.5, 0.6) is 11.5 Å². The Morgan fingerprint density at radius 3 is 2.59 bits per heavy atom. The molecule has 1 aromatic carbocycles. The van der Waals surface area contributed by atoms with Crippen molar-refractivity contribution in [3.05, 3.63) is 47.3 Å². The smallest absolute Gasteiger partial charge is 0.387 e. The lowest BCUT2D eigenvalue weighted by Gasteiger charge is -2.61. The summed E-state index contributed by atoms with van der Waals surface area (Å²) in [5.41, 5.74) is 5.69. The van der Waals surface area contributed by atoms with Gasteiger partial charge in [-0.25, -0.2) is 9.98 Å². The topological polar surface area (TPSA) is 117 Å². The molecule has 4 heterocycles. The molecule has 0 radical (unpaired) electrons. The molecule has 0 bridgehead atoms. The highest BCUT2D eigenvalue weighted by molar-refractivity contribution is 6.04. The number of anilines is 1. The van der Waals surface area contributed by atoms with Crippen molar-refractivity contribution < 1.29 is 32.5 Å². The van der Waals surface area contributed by atoms with Crippen LogP contribution in [0.15, 0.2) is 35.5 Å². The molecule has 1 atom stereocenters. The number of aliphatic imine (C=N–C) groups is 1. The van der Waals surface area contributed by atoms with E-state index in [2.05, 4.69) is 15.0 Å². The highest BCUT2D eigenvalue weighted by Gasteiger charge is 2.71. The number of ether oxygens (including phenoxy) is 4. The minimum absolute atomic E-state index is 0.0850. The van der Waals surface area contributed by atoms with Crippen molar-refractivity contribution in [2.45, 2.75) is 38.5 Å². The maximum Gasteiger partial charge on any atom is 0.387 e. The van der Waals surface area contributed by atoms with E-state index in [4.69, 9.17) is 24.9 Å². The third-order valence-corrected chi connectivity index (χ3v) is 6.91. The van der Waals surface area contributed by atoms with E-state index >= 15 is 0 Å². The zero-order valence-corrected chi connectivity index (χ0v) is 18.9. The van der Waals surface area contributed by atoms with Crippen LogP contribution in [0.4, 0.5) is 14.5 Å². The van der Waals surface area contributed by atoms with Crippen LogP contribution in [-0.4, -0.2) is 48.9 Å². The molecule has 2 spiro atoms. The number of amidine groups is 1. The Bertz CT molecular complexity index is 1200. The minimum Gasteiger partial charge on any atom is -0.487 e. The van der Waals surface area contributed by atoms with Crippen molar-refractivity contribution in [2.75, 3.05) is 25.1 Å². The number of benzene rings is 1. The van der Waals surface area contributed by atoms with Gasteiger partial charge in [0.15, 0.2) is 0 Å². The summed E-state index contributed by atoms with van der Waals surface area (Å²) in [7, 11) is 0. The molecule has 3 N–H and O–H groups in total. The third kappa shape index (κ3) is 3.17. The second-order valence-corrected chi connectivity index (χ2v) is 9.17. The van der Waals surface area contributed by atoms with Gasteiger partial charge in [0.1, 0.15) is 34.9 Å². The van der Waals surface area contributed by atoms with Gasteiger partial charge in [-0.2, -0.15) is 8.78 Å². The van der Waals surface area contributed by atoms with Gasteiger partial charge < -0.3 is 30.0 Å². The van der Waals surface area contributed by atoms with Gasteiger partial charge in [-0.15, -0.1) is 0 Å². The summed E-state index contributed by atoms with van der Waals surface area (Å²) in [6, 6.07) is 6.69. The van der Waals surface area contributed by atoms with E-state index in [1.807, 2.05) is 13.8 Å². The van der Waals surface area contributed by atoms with Crippen LogP contribution in [0, 0.1) is 12.3 Å². The fourth-order valence-corrected chi connectivity index (χ4v) is 5.00. The number of aromatic nitrogens is 1. The van der Waals surface area contributed by atoms with Crippen molar-refractivity contribution in [2.24, 2.45) is 16.1 Å². The molecule has 9 nitrogen and oxygen atoms in total. The van der Waals surface area contributed by atoms with Crippen LogP contribution in [-0.2, 0) is 15.0 Å². The number of alkyl halides is 2. The Morgan fingerprint density at radius 1 is 1.24 bits per heavy atom. The van der Waals surface area contributed by atoms with Crippen LogP contribution in [0.2, 0.25) is 0 Å². The van der Waals surface area contributed by atoms with Gasteiger partial charge in [0.25, 0.3) is 11.9 Å². The number of halogens is 2. The molecule has 1 unspecified atom stereocenters. The third-order valence-electron chi connectivity index (χ3n) is 6.91. The Hall–Kier alpha value is -3.47. The monoisotopic (exact) mass is 474 g/mol. The summed E-state index contributed by atoms with van der Waals surface area (Å²) in [5.74, 6) is -0.00542. The second-order valence-electron chi connectivity index (χ2n) is 9.17.